The number of carbonyl (C=O) groups is 1. The standard InChI is InChI=1S/C29H35FN6O7P2S2/c30-26-12-22(7-10-25(26)20-5-1-19(2-6-20)14-33-15-21(13-31)35-32)36-17-23(43-29(36)37)16-34-28(46)47-24-8-3-18(4-9-24)11-27(44(38)39)45(40,41)42/h1-10,12-13,23,27,32-33,40-42,44-45H,11,14-17,31H2,(H,34,46)(H,38,39)/b21-13-,35-32?/t23-,27?/m0/s1. The number of rotatable bonds is 14. The van der Waals surface area contributed by atoms with Crippen LogP contribution < -0.4 is 21.3 Å². The van der Waals surface area contributed by atoms with Gasteiger partial charge in [-0.05, 0) is 29.3 Å². The van der Waals surface area contributed by atoms with E-state index < -0.39 is 39.4 Å². The summed E-state index contributed by atoms with van der Waals surface area (Å²) < 4.78 is 32.5. The Morgan fingerprint density at radius 2 is 1.87 bits per heavy atom. The molecule has 0 aliphatic carbocycles. The molecule has 1 saturated heterocycles. The zero-order valence-electron chi connectivity index (χ0n) is 24.8. The van der Waals surface area contributed by atoms with Crippen LogP contribution in [-0.2, 0) is 22.3 Å². The van der Waals surface area contributed by atoms with E-state index in [2.05, 4.69) is 15.7 Å². The minimum absolute atomic E-state index is 0.166. The summed E-state index contributed by atoms with van der Waals surface area (Å²) in [7, 11) is -8.14. The summed E-state index contributed by atoms with van der Waals surface area (Å²) in [4.78, 5) is 52.5. The second-order valence-electron chi connectivity index (χ2n) is 10.5. The Morgan fingerprint density at radius 1 is 1.19 bits per heavy atom. The van der Waals surface area contributed by atoms with Crippen LogP contribution in [0.2, 0.25) is 0 Å². The van der Waals surface area contributed by atoms with Crippen LogP contribution in [0.15, 0.2) is 88.6 Å². The molecule has 1 aliphatic heterocycles. The third-order valence-corrected chi connectivity index (χ3v) is 12.3. The maximum atomic E-state index is 15.2. The summed E-state index contributed by atoms with van der Waals surface area (Å²) in [6.45, 7) is 1.27. The van der Waals surface area contributed by atoms with Gasteiger partial charge >= 0.3 is 150 Å². The molecule has 0 spiro atoms. The van der Waals surface area contributed by atoms with Crippen molar-refractivity contribution in [2.45, 2.75) is 29.4 Å². The average Bonchev–Trinajstić information content (AvgIpc) is 3.41. The molecule has 0 bridgehead atoms. The fraction of sp³-hybridized carbons (Fsp3) is 0.241. The van der Waals surface area contributed by atoms with Crippen LogP contribution in [0.3, 0.4) is 0 Å². The predicted octanol–water partition coefficient (Wildman–Crippen LogP) is 4.21. The van der Waals surface area contributed by atoms with Crippen molar-refractivity contribution in [3.8, 4) is 11.1 Å². The first-order valence-electron chi connectivity index (χ1n) is 14.2. The number of ether oxygens (including phenoxy) is 1. The van der Waals surface area contributed by atoms with Crippen LogP contribution in [0.25, 0.3) is 11.1 Å². The number of cyclic esters (lactones) is 1. The molecule has 13 nitrogen and oxygen atoms in total. The van der Waals surface area contributed by atoms with Crippen molar-refractivity contribution < 1.29 is 38.1 Å². The van der Waals surface area contributed by atoms with E-state index in [4.69, 9.17) is 28.2 Å². The number of hydrogen-bond acceptors (Lipinski definition) is 12. The van der Waals surface area contributed by atoms with E-state index in [0.29, 0.717) is 45.5 Å². The molecule has 0 saturated carbocycles. The molecule has 1 heterocycles. The Kier molecular flexibility index (Phi) is 13.0. The maximum absolute atomic E-state index is 15.2. The van der Waals surface area contributed by atoms with Crippen molar-refractivity contribution in [1.82, 2.24) is 10.6 Å². The molecule has 1 aliphatic rings. The number of halogens is 1. The van der Waals surface area contributed by atoms with Crippen LogP contribution in [0.1, 0.15) is 11.1 Å². The van der Waals surface area contributed by atoms with Gasteiger partial charge in [0.05, 0.1) is 11.4 Å². The first-order valence-corrected chi connectivity index (χ1v) is 18.8. The van der Waals surface area contributed by atoms with Gasteiger partial charge in [0.25, 0.3) is 0 Å². The molecular weight excluding hydrogens is 689 g/mol. The number of nitrogens with one attached hydrogen (secondary N) is 3. The number of hydrogen-bond donors (Lipinski definition) is 8. The summed E-state index contributed by atoms with van der Waals surface area (Å²) in [6.07, 6.45) is -0.0504. The van der Waals surface area contributed by atoms with E-state index >= 15 is 4.39 Å². The molecule has 1 fully saturated rings. The molecule has 3 aromatic carbocycles. The van der Waals surface area contributed by atoms with Gasteiger partial charge in [0.2, 0.25) is 0 Å². The molecule has 252 valence electrons. The molecule has 0 aromatic heterocycles. The Bertz CT molecular complexity index is 1650. The molecule has 4 rings (SSSR count). The molecular formula is C29H35FN6O7P2S2. The summed E-state index contributed by atoms with van der Waals surface area (Å²) in [5.74, 6) is -0.493. The number of thiocarbonyl (C=S) groups is 1. The van der Waals surface area contributed by atoms with E-state index in [-0.39, 0.29) is 19.5 Å². The van der Waals surface area contributed by atoms with Gasteiger partial charge in [0, 0.05) is 24.9 Å². The van der Waals surface area contributed by atoms with Crippen LogP contribution >= 0.6 is 40.0 Å². The Hall–Kier alpha value is -3.30. The van der Waals surface area contributed by atoms with E-state index in [1.54, 1.807) is 48.5 Å². The van der Waals surface area contributed by atoms with E-state index in [9.17, 15) is 28.9 Å². The van der Waals surface area contributed by atoms with Crippen molar-refractivity contribution in [2.24, 2.45) is 10.8 Å². The quantitative estimate of drug-likeness (QED) is 0.0508. The Balaban J connectivity index is 1.27. The molecule has 2 unspecified atom stereocenters. The van der Waals surface area contributed by atoms with Gasteiger partial charge in [-0.1, -0.05) is 24.3 Å². The molecule has 18 heteroatoms. The third-order valence-electron chi connectivity index (χ3n) is 7.19. The van der Waals surface area contributed by atoms with Gasteiger partial charge in [-0.25, -0.2) is 14.7 Å². The van der Waals surface area contributed by atoms with Crippen molar-refractivity contribution in [2.75, 3.05) is 24.5 Å². The van der Waals surface area contributed by atoms with E-state index in [1.165, 1.54) is 28.9 Å². The summed E-state index contributed by atoms with van der Waals surface area (Å²) in [6, 6.07) is 18.6. The first kappa shape index (κ1) is 36.5. The molecule has 0 radical (unpaired) electrons. The minimum Gasteiger partial charge on any atom is -0.224 e. The van der Waals surface area contributed by atoms with Crippen LogP contribution in [0.4, 0.5) is 14.9 Å². The van der Waals surface area contributed by atoms with Crippen molar-refractivity contribution in [1.29, 1.82) is 5.53 Å². The third kappa shape index (κ3) is 10.3. The minimum atomic E-state index is -4.78. The molecule has 3 atom stereocenters. The smallest absolute Gasteiger partial charge is 0.224 e. The van der Waals surface area contributed by atoms with Crippen LogP contribution in [-0.4, -0.2) is 61.1 Å². The number of benzene rings is 3. The fourth-order valence-corrected chi connectivity index (χ4v) is 7.94. The second kappa shape index (κ2) is 16.7. The predicted molar refractivity (Wildman–Crippen MR) is 185 cm³/mol. The van der Waals surface area contributed by atoms with Crippen molar-refractivity contribution >= 4 is 56.1 Å². The summed E-state index contributed by atoms with van der Waals surface area (Å²) in [5, 5.41) is 7.98. The second-order valence-corrected chi connectivity index (χ2v) is 16.3. The SMILES string of the molecule is N=N/C(=C\N)CNCc1ccc(-c2ccc(N3C[C@H](CNC(=S)Sc4ccc(CC([PH](=O)O)[PH](O)(O)O)cc4)OC3=O)cc2F)cc1. The monoisotopic (exact) mass is 724 g/mol. The molecule has 9 N–H and O–H groups in total. The molecule has 3 aromatic rings. The number of nitrogens with zero attached hydrogens (tertiary/aromatic N) is 2. The van der Waals surface area contributed by atoms with Gasteiger partial charge in [0.15, 0.2) is 0 Å². The van der Waals surface area contributed by atoms with Gasteiger partial charge in [-0.2, -0.15) is 5.11 Å². The number of nitrogens with two attached hydrogens (primary N) is 1. The van der Waals surface area contributed by atoms with Crippen molar-refractivity contribution in [3.63, 3.8) is 0 Å². The van der Waals surface area contributed by atoms with Crippen molar-refractivity contribution in [3.05, 3.63) is 95.6 Å². The van der Waals surface area contributed by atoms with Gasteiger partial charge in [0.1, 0.15) is 5.82 Å². The molecule has 1 amide bonds. The van der Waals surface area contributed by atoms with E-state index in [1.807, 2.05) is 12.1 Å². The number of carbonyl (C=O) groups excluding carboxylic acids is 1. The summed E-state index contributed by atoms with van der Waals surface area (Å²) in [5.41, 5.74) is 15.7. The number of thioether (sulfide) groups is 1. The average molecular weight is 725 g/mol. The topological polar surface area (TPSA) is 214 Å². The normalized spacial score (nSPS) is 16.8. The zero-order chi connectivity index (χ0) is 34.1. The fourth-order valence-electron chi connectivity index (χ4n) is 4.68. The number of anilines is 1. The van der Waals surface area contributed by atoms with Gasteiger partial charge in [-0.3, -0.25) is 4.90 Å². The zero-order valence-corrected chi connectivity index (χ0v) is 28.4. The Labute approximate surface area is 281 Å². The van der Waals surface area contributed by atoms with Gasteiger partial charge in [-0.15, -0.1) is 0 Å². The van der Waals surface area contributed by atoms with Crippen LogP contribution in [0.5, 0.6) is 0 Å². The first-order chi connectivity index (χ1) is 22.4. The molecule has 47 heavy (non-hydrogen) atoms. The van der Waals surface area contributed by atoms with E-state index in [0.717, 1.165) is 10.5 Å². The van der Waals surface area contributed by atoms with Gasteiger partial charge < -0.3 is 11.1 Å². The van der Waals surface area contributed by atoms with Crippen LogP contribution in [0, 0.1) is 11.3 Å². The Morgan fingerprint density at radius 3 is 2.47 bits per heavy atom. The summed E-state index contributed by atoms with van der Waals surface area (Å²) >= 11 is 6.62. The number of amides is 1.